The van der Waals surface area contributed by atoms with E-state index in [9.17, 15) is 0 Å². The minimum Gasteiger partial charge on any atom is -0.494 e. The number of hydrogen-bond donors (Lipinski definition) is 0. The first kappa shape index (κ1) is 13.2. The Labute approximate surface area is 111 Å². The maximum Gasteiger partial charge on any atom is 0.146 e. The molecule has 1 heterocycles. The van der Waals surface area contributed by atoms with Gasteiger partial charge in [-0.3, -0.25) is 0 Å². The number of methoxy groups -OCH3 is 2. The number of ether oxygens (including phenoxy) is 2. The molecule has 1 aromatic heterocycles. The third kappa shape index (κ3) is 2.44. The van der Waals surface area contributed by atoms with Crippen molar-refractivity contribution in [2.75, 3.05) is 26.7 Å². The molecule has 0 radical (unpaired) electrons. The molecule has 0 aliphatic heterocycles. The van der Waals surface area contributed by atoms with Gasteiger partial charge in [0.15, 0.2) is 0 Å². The maximum atomic E-state index is 5.83. The average molecular weight is 269 g/mol. The Kier molecular flexibility index (Phi) is 4.44. The lowest BCUT2D eigenvalue weighted by atomic mass is 10.3. The molecule has 0 bridgehead atoms. The summed E-state index contributed by atoms with van der Waals surface area (Å²) in [4.78, 5) is 4.62. The van der Waals surface area contributed by atoms with E-state index in [1.54, 1.807) is 14.2 Å². The van der Waals surface area contributed by atoms with Crippen LogP contribution in [0.15, 0.2) is 18.2 Å². The number of imidazole rings is 1. The van der Waals surface area contributed by atoms with Crippen molar-refractivity contribution in [3.8, 4) is 5.75 Å². The van der Waals surface area contributed by atoms with Gasteiger partial charge in [0.1, 0.15) is 17.1 Å². The number of aryl methyl sites for hydroxylation is 1. The molecule has 0 saturated heterocycles. The van der Waals surface area contributed by atoms with Gasteiger partial charge in [-0.2, -0.15) is 0 Å². The highest BCUT2D eigenvalue weighted by Gasteiger charge is 2.13. The highest BCUT2D eigenvalue weighted by molar-refractivity contribution is 6.17. The zero-order chi connectivity index (χ0) is 13.0. The van der Waals surface area contributed by atoms with E-state index >= 15 is 0 Å². The molecule has 0 fully saturated rings. The zero-order valence-electron chi connectivity index (χ0n) is 10.6. The van der Waals surface area contributed by atoms with Crippen LogP contribution in [-0.2, 0) is 17.7 Å². The molecule has 98 valence electrons. The molecule has 0 atom stereocenters. The van der Waals surface area contributed by atoms with Crippen LogP contribution in [0.5, 0.6) is 5.75 Å². The Morgan fingerprint density at radius 2 is 2.17 bits per heavy atom. The minimum absolute atomic E-state index is 0.554. The minimum atomic E-state index is 0.554. The number of aromatic nitrogens is 2. The van der Waals surface area contributed by atoms with Gasteiger partial charge in [-0.25, -0.2) is 4.98 Å². The Bertz CT molecular complexity index is 525. The molecule has 18 heavy (non-hydrogen) atoms. The molecule has 1 aromatic carbocycles. The fraction of sp³-hybridized carbons (Fsp3) is 0.462. The summed E-state index contributed by atoms with van der Waals surface area (Å²) in [6, 6.07) is 5.93. The van der Waals surface area contributed by atoms with Crippen LogP contribution in [0, 0.1) is 0 Å². The first-order chi connectivity index (χ1) is 8.81. The maximum absolute atomic E-state index is 5.83. The Morgan fingerprint density at radius 1 is 1.33 bits per heavy atom. The number of nitrogens with zero attached hydrogens (tertiary/aromatic N) is 2. The van der Waals surface area contributed by atoms with Crippen LogP contribution in [0.4, 0.5) is 0 Å². The molecule has 5 heteroatoms. The van der Waals surface area contributed by atoms with E-state index < -0.39 is 0 Å². The number of hydrogen-bond acceptors (Lipinski definition) is 3. The third-order valence-corrected chi connectivity index (χ3v) is 3.07. The van der Waals surface area contributed by atoms with E-state index in [1.807, 2.05) is 18.2 Å². The van der Waals surface area contributed by atoms with Crippen molar-refractivity contribution in [3.63, 3.8) is 0 Å². The van der Waals surface area contributed by atoms with Gasteiger partial charge in [0.25, 0.3) is 0 Å². The SMILES string of the molecule is COCCn1c(CCCl)nc2c(OC)cccc21. The molecule has 2 aromatic rings. The first-order valence-electron chi connectivity index (χ1n) is 5.88. The summed E-state index contributed by atoms with van der Waals surface area (Å²) < 4.78 is 12.6. The van der Waals surface area contributed by atoms with Gasteiger partial charge in [-0.15, -0.1) is 11.6 Å². The number of para-hydroxylation sites is 1. The molecule has 0 unspecified atom stereocenters. The number of rotatable bonds is 6. The molecular formula is C13H17ClN2O2. The summed E-state index contributed by atoms with van der Waals surface area (Å²) in [5.74, 6) is 2.32. The highest BCUT2D eigenvalue weighted by Crippen LogP contribution is 2.26. The van der Waals surface area contributed by atoms with Crippen molar-refractivity contribution < 1.29 is 9.47 Å². The smallest absolute Gasteiger partial charge is 0.146 e. The monoisotopic (exact) mass is 268 g/mol. The highest BCUT2D eigenvalue weighted by atomic mass is 35.5. The van der Waals surface area contributed by atoms with Crippen LogP contribution in [0.1, 0.15) is 5.82 Å². The van der Waals surface area contributed by atoms with Crippen molar-refractivity contribution >= 4 is 22.6 Å². The largest absolute Gasteiger partial charge is 0.494 e. The van der Waals surface area contributed by atoms with Gasteiger partial charge in [-0.1, -0.05) is 6.07 Å². The lowest BCUT2D eigenvalue weighted by molar-refractivity contribution is 0.187. The van der Waals surface area contributed by atoms with E-state index in [0.29, 0.717) is 12.5 Å². The van der Waals surface area contributed by atoms with Crippen molar-refractivity contribution in [2.24, 2.45) is 0 Å². The van der Waals surface area contributed by atoms with Crippen molar-refractivity contribution in [1.82, 2.24) is 9.55 Å². The standard InChI is InChI=1S/C13H17ClN2O2/c1-17-9-8-16-10-4-3-5-11(18-2)13(10)15-12(16)6-7-14/h3-5H,6-9H2,1-2H3. The zero-order valence-corrected chi connectivity index (χ0v) is 11.4. The Balaban J connectivity index is 2.52. The van der Waals surface area contributed by atoms with E-state index in [2.05, 4.69) is 9.55 Å². The fourth-order valence-corrected chi connectivity index (χ4v) is 2.21. The summed E-state index contributed by atoms with van der Waals surface area (Å²) in [5, 5.41) is 0. The third-order valence-electron chi connectivity index (χ3n) is 2.88. The molecule has 4 nitrogen and oxygen atoms in total. The normalized spacial score (nSPS) is 11.1. The van der Waals surface area contributed by atoms with Crippen LogP contribution in [-0.4, -0.2) is 36.3 Å². The van der Waals surface area contributed by atoms with E-state index in [1.165, 1.54) is 0 Å². The van der Waals surface area contributed by atoms with Gasteiger partial charge < -0.3 is 14.0 Å². The van der Waals surface area contributed by atoms with Gasteiger partial charge >= 0.3 is 0 Å². The van der Waals surface area contributed by atoms with Crippen LogP contribution >= 0.6 is 11.6 Å². The number of fused-ring (bicyclic) bond motifs is 1. The quantitative estimate of drug-likeness (QED) is 0.755. The van der Waals surface area contributed by atoms with Crippen LogP contribution in [0.2, 0.25) is 0 Å². The summed E-state index contributed by atoms with van der Waals surface area (Å²) in [5.41, 5.74) is 1.95. The second-order valence-corrected chi connectivity index (χ2v) is 4.32. The van der Waals surface area contributed by atoms with E-state index in [-0.39, 0.29) is 0 Å². The summed E-state index contributed by atoms with van der Waals surface area (Å²) in [6.45, 7) is 1.42. The van der Waals surface area contributed by atoms with Gasteiger partial charge in [0, 0.05) is 26.0 Å². The van der Waals surface area contributed by atoms with Crippen molar-refractivity contribution in [2.45, 2.75) is 13.0 Å². The number of halogens is 1. The van der Waals surface area contributed by atoms with Gasteiger partial charge in [0.2, 0.25) is 0 Å². The van der Waals surface area contributed by atoms with Crippen LogP contribution in [0.25, 0.3) is 11.0 Å². The van der Waals surface area contributed by atoms with Crippen molar-refractivity contribution in [1.29, 1.82) is 0 Å². The lowest BCUT2D eigenvalue weighted by Crippen LogP contribution is -2.08. The topological polar surface area (TPSA) is 36.3 Å². The van der Waals surface area contributed by atoms with Gasteiger partial charge in [-0.05, 0) is 12.1 Å². The number of alkyl halides is 1. The van der Waals surface area contributed by atoms with E-state index in [0.717, 1.165) is 35.6 Å². The molecule has 0 saturated carbocycles. The molecule has 0 aliphatic rings. The van der Waals surface area contributed by atoms with Crippen LogP contribution < -0.4 is 4.74 Å². The summed E-state index contributed by atoms with van der Waals surface area (Å²) in [7, 11) is 3.35. The summed E-state index contributed by atoms with van der Waals surface area (Å²) >= 11 is 5.83. The Hall–Kier alpha value is -1.26. The van der Waals surface area contributed by atoms with Gasteiger partial charge in [0.05, 0.1) is 19.2 Å². The predicted molar refractivity (Wildman–Crippen MR) is 72.6 cm³/mol. The second kappa shape index (κ2) is 6.07. The molecule has 0 spiro atoms. The molecular weight excluding hydrogens is 252 g/mol. The lowest BCUT2D eigenvalue weighted by Gasteiger charge is -2.07. The first-order valence-corrected chi connectivity index (χ1v) is 6.42. The van der Waals surface area contributed by atoms with E-state index in [4.69, 9.17) is 21.1 Å². The Morgan fingerprint density at radius 3 is 2.83 bits per heavy atom. The number of benzene rings is 1. The molecule has 0 N–H and O–H groups in total. The van der Waals surface area contributed by atoms with Crippen molar-refractivity contribution in [3.05, 3.63) is 24.0 Å². The summed E-state index contributed by atoms with van der Waals surface area (Å²) in [6.07, 6.45) is 0.739. The second-order valence-electron chi connectivity index (χ2n) is 3.94. The molecule has 0 aliphatic carbocycles. The molecule has 0 amide bonds. The molecule has 2 rings (SSSR count). The predicted octanol–water partition coefficient (Wildman–Crippen LogP) is 2.47. The average Bonchev–Trinajstić information content (AvgIpc) is 2.74. The fourth-order valence-electron chi connectivity index (χ4n) is 2.04. The van der Waals surface area contributed by atoms with Crippen LogP contribution in [0.3, 0.4) is 0 Å².